The first-order chi connectivity index (χ1) is 21.8. The van der Waals surface area contributed by atoms with E-state index in [1.54, 1.807) is 24.3 Å². The molecule has 0 fully saturated rings. The van der Waals surface area contributed by atoms with Gasteiger partial charge in [-0.2, -0.15) is 5.48 Å². The Morgan fingerprint density at radius 2 is 0.978 bits per heavy atom. The van der Waals surface area contributed by atoms with Crippen molar-refractivity contribution < 1.29 is 24.3 Å². The predicted octanol–water partition coefficient (Wildman–Crippen LogP) is 2.29. The van der Waals surface area contributed by atoms with Crippen LogP contribution in [0.1, 0.15) is 22.3 Å². The first-order valence-corrected chi connectivity index (χ1v) is 14.7. The van der Waals surface area contributed by atoms with Crippen LogP contribution < -0.4 is 27.6 Å². The lowest BCUT2D eigenvalue weighted by molar-refractivity contribution is -0.135. The van der Waals surface area contributed by atoms with Gasteiger partial charge in [-0.1, -0.05) is 103 Å². The number of benzene rings is 4. The fraction of sp³-hybridized carbons (Fsp3) is 0.229. The number of carbonyl (C=O) groups is 3. The SMILES string of the molecule is NC(=O)[C@H](Cc1ccccc1)NC(=O)[C@H](Cc1ccccc1)NC(=O)[C@H](Cc1ccccc1)NO[C@@H](N)Cc1ccc(O)cc1. The fourth-order valence-corrected chi connectivity index (χ4v) is 4.79. The standard InChI is InChI=1S/C35H39N5O5/c36-32(23-27-16-18-28(41)19-17-27)45-40-31(22-26-14-8-3-9-15-26)35(44)39-30(21-25-12-6-2-7-13-25)34(43)38-29(33(37)42)20-24-10-4-1-5-11-24/h1-19,29-32,40-41H,20-23,36H2,(H2,37,42)(H,38,43)(H,39,44)/t29-,30-,31-,32+/m0/s1. The van der Waals surface area contributed by atoms with Crippen LogP contribution in [-0.4, -0.2) is 47.2 Å². The van der Waals surface area contributed by atoms with Crippen molar-refractivity contribution in [3.05, 3.63) is 138 Å². The minimum Gasteiger partial charge on any atom is -0.508 e. The molecule has 45 heavy (non-hydrogen) atoms. The summed E-state index contributed by atoms with van der Waals surface area (Å²) in [5, 5.41) is 15.1. The maximum Gasteiger partial charge on any atom is 0.243 e. The molecule has 10 nitrogen and oxygen atoms in total. The molecule has 4 rings (SSSR count). The fourth-order valence-electron chi connectivity index (χ4n) is 4.79. The minimum absolute atomic E-state index is 0.141. The number of hydroxylamine groups is 1. The normalized spacial score (nSPS) is 13.6. The molecular weight excluding hydrogens is 570 g/mol. The highest BCUT2D eigenvalue weighted by Crippen LogP contribution is 2.12. The van der Waals surface area contributed by atoms with Crippen molar-refractivity contribution in [1.29, 1.82) is 0 Å². The van der Waals surface area contributed by atoms with Crippen LogP contribution in [0.3, 0.4) is 0 Å². The molecule has 0 saturated carbocycles. The van der Waals surface area contributed by atoms with E-state index in [-0.39, 0.29) is 25.0 Å². The zero-order valence-electron chi connectivity index (χ0n) is 24.8. The summed E-state index contributed by atoms with van der Waals surface area (Å²) in [4.78, 5) is 45.4. The number of hydrogen-bond donors (Lipinski definition) is 6. The van der Waals surface area contributed by atoms with Crippen LogP contribution in [0.15, 0.2) is 115 Å². The van der Waals surface area contributed by atoms with Gasteiger partial charge in [-0.15, -0.1) is 0 Å². The lowest BCUT2D eigenvalue weighted by Crippen LogP contribution is -2.57. The third kappa shape index (κ3) is 10.9. The van der Waals surface area contributed by atoms with E-state index in [1.807, 2.05) is 91.0 Å². The predicted molar refractivity (Wildman–Crippen MR) is 171 cm³/mol. The van der Waals surface area contributed by atoms with Crippen LogP contribution in [0.25, 0.3) is 0 Å². The molecule has 0 radical (unpaired) electrons. The third-order valence-electron chi connectivity index (χ3n) is 7.19. The summed E-state index contributed by atoms with van der Waals surface area (Å²) in [5.74, 6) is -1.58. The van der Waals surface area contributed by atoms with Crippen molar-refractivity contribution in [2.45, 2.75) is 50.0 Å². The van der Waals surface area contributed by atoms with Crippen LogP contribution >= 0.6 is 0 Å². The Morgan fingerprint density at radius 3 is 1.47 bits per heavy atom. The molecule has 8 N–H and O–H groups in total. The Balaban J connectivity index is 1.50. The number of rotatable bonds is 16. The van der Waals surface area contributed by atoms with Gasteiger partial charge in [0.2, 0.25) is 17.7 Å². The molecule has 4 aromatic carbocycles. The zero-order chi connectivity index (χ0) is 32.0. The first kappa shape index (κ1) is 32.9. The molecule has 0 spiro atoms. The van der Waals surface area contributed by atoms with Gasteiger partial charge in [0.15, 0.2) is 0 Å². The molecule has 4 atom stereocenters. The van der Waals surface area contributed by atoms with Crippen molar-refractivity contribution in [2.24, 2.45) is 11.5 Å². The van der Waals surface area contributed by atoms with Crippen LogP contribution in [0, 0.1) is 0 Å². The Bertz CT molecular complexity index is 1500. The third-order valence-corrected chi connectivity index (χ3v) is 7.19. The molecule has 10 heteroatoms. The monoisotopic (exact) mass is 609 g/mol. The number of carbonyl (C=O) groups excluding carboxylic acids is 3. The molecule has 0 aromatic heterocycles. The molecule has 0 aliphatic heterocycles. The maximum absolute atomic E-state index is 13.8. The van der Waals surface area contributed by atoms with Gasteiger partial charge < -0.3 is 27.2 Å². The number of amides is 3. The second kappa shape index (κ2) is 16.7. The second-order valence-corrected chi connectivity index (χ2v) is 10.8. The topological polar surface area (TPSA) is 169 Å². The van der Waals surface area contributed by atoms with E-state index in [9.17, 15) is 19.5 Å². The van der Waals surface area contributed by atoms with Gasteiger partial charge in [-0.3, -0.25) is 19.2 Å². The van der Waals surface area contributed by atoms with Crippen molar-refractivity contribution in [3.8, 4) is 5.75 Å². The Morgan fingerprint density at radius 1 is 0.578 bits per heavy atom. The van der Waals surface area contributed by atoms with Gasteiger partial charge in [-0.05, 0) is 40.8 Å². The number of hydrogen-bond acceptors (Lipinski definition) is 7. The lowest BCUT2D eigenvalue weighted by atomic mass is 10.0. The highest BCUT2D eigenvalue weighted by Gasteiger charge is 2.29. The molecule has 0 saturated heterocycles. The average Bonchev–Trinajstić information content (AvgIpc) is 3.04. The van der Waals surface area contributed by atoms with Crippen LogP contribution in [0.2, 0.25) is 0 Å². The van der Waals surface area contributed by atoms with Gasteiger partial charge in [0.25, 0.3) is 0 Å². The largest absolute Gasteiger partial charge is 0.508 e. The summed E-state index contributed by atoms with van der Waals surface area (Å²) >= 11 is 0. The molecule has 3 amide bonds. The quantitative estimate of drug-likeness (QED) is 0.0837. The van der Waals surface area contributed by atoms with Crippen molar-refractivity contribution in [3.63, 3.8) is 0 Å². The van der Waals surface area contributed by atoms with E-state index in [0.29, 0.717) is 6.42 Å². The number of primary amides is 1. The highest BCUT2D eigenvalue weighted by atomic mass is 16.7. The average molecular weight is 610 g/mol. The van der Waals surface area contributed by atoms with Crippen LogP contribution in [0.5, 0.6) is 5.75 Å². The van der Waals surface area contributed by atoms with Crippen LogP contribution in [0.4, 0.5) is 0 Å². The van der Waals surface area contributed by atoms with Gasteiger partial charge in [0.05, 0.1) is 0 Å². The smallest absolute Gasteiger partial charge is 0.243 e. The van der Waals surface area contributed by atoms with Crippen LogP contribution in [-0.2, 0) is 44.9 Å². The lowest BCUT2D eigenvalue weighted by Gasteiger charge is -2.26. The van der Waals surface area contributed by atoms with E-state index < -0.39 is 42.1 Å². The second-order valence-electron chi connectivity index (χ2n) is 10.8. The highest BCUT2D eigenvalue weighted by molar-refractivity contribution is 5.93. The number of phenols is 1. The Hall–Kier alpha value is -5.03. The van der Waals surface area contributed by atoms with E-state index >= 15 is 0 Å². The first-order valence-electron chi connectivity index (χ1n) is 14.7. The number of phenolic OH excluding ortho intramolecular Hbond substituents is 1. The van der Waals surface area contributed by atoms with Gasteiger partial charge in [0, 0.05) is 19.3 Å². The van der Waals surface area contributed by atoms with Gasteiger partial charge in [-0.25, -0.2) is 0 Å². The Kier molecular flexibility index (Phi) is 12.2. The van der Waals surface area contributed by atoms with Crippen molar-refractivity contribution >= 4 is 17.7 Å². The van der Waals surface area contributed by atoms with Crippen molar-refractivity contribution in [2.75, 3.05) is 0 Å². The van der Waals surface area contributed by atoms with Gasteiger partial charge in [0.1, 0.15) is 30.1 Å². The number of nitrogens with one attached hydrogen (secondary N) is 3. The summed E-state index contributed by atoms with van der Waals surface area (Å²) < 4.78 is 0. The number of aromatic hydroxyl groups is 1. The van der Waals surface area contributed by atoms with E-state index in [2.05, 4.69) is 16.1 Å². The molecule has 234 valence electrons. The molecule has 0 unspecified atom stereocenters. The summed E-state index contributed by atoms with van der Waals surface area (Å²) in [5.41, 5.74) is 18.0. The van der Waals surface area contributed by atoms with E-state index in [0.717, 1.165) is 22.3 Å². The van der Waals surface area contributed by atoms with Crippen molar-refractivity contribution in [1.82, 2.24) is 16.1 Å². The van der Waals surface area contributed by atoms with E-state index in [4.69, 9.17) is 16.3 Å². The van der Waals surface area contributed by atoms with Gasteiger partial charge >= 0.3 is 0 Å². The number of nitrogens with two attached hydrogens (primary N) is 2. The molecule has 0 aliphatic carbocycles. The molecule has 0 heterocycles. The molecule has 0 bridgehead atoms. The summed E-state index contributed by atoms with van der Waals surface area (Å²) in [6.07, 6.45) is 0.143. The van der Waals surface area contributed by atoms with E-state index in [1.165, 1.54) is 0 Å². The maximum atomic E-state index is 13.8. The molecule has 0 aliphatic rings. The summed E-state index contributed by atoms with van der Waals surface area (Å²) in [6.45, 7) is 0. The Labute approximate surface area is 262 Å². The summed E-state index contributed by atoms with van der Waals surface area (Å²) in [7, 11) is 0. The molecule has 4 aromatic rings. The zero-order valence-corrected chi connectivity index (χ0v) is 24.8. The molecular formula is C35H39N5O5. The minimum atomic E-state index is -1.02. The summed E-state index contributed by atoms with van der Waals surface area (Å²) in [6, 6.07) is 31.5.